The Morgan fingerprint density at radius 2 is 2.21 bits per heavy atom. The minimum atomic E-state index is 0. The number of piperazine rings is 1. The van der Waals surface area contributed by atoms with Crippen LogP contribution in [0.3, 0.4) is 0 Å². The number of halogens is 1. The van der Waals surface area contributed by atoms with Gasteiger partial charge in [-0.05, 0) is 18.9 Å². The summed E-state index contributed by atoms with van der Waals surface area (Å²) in [6.45, 7) is 8.74. The van der Waals surface area contributed by atoms with Gasteiger partial charge in [0, 0.05) is 32.7 Å². The number of nitrogens with one attached hydrogen (secondary N) is 1. The second-order valence-electron chi connectivity index (χ2n) is 5.28. The van der Waals surface area contributed by atoms with Crippen molar-refractivity contribution in [2.24, 2.45) is 7.05 Å². The van der Waals surface area contributed by atoms with Gasteiger partial charge in [0.25, 0.3) is 5.91 Å². The van der Waals surface area contributed by atoms with E-state index in [-0.39, 0.29) is 24.4 Å². The van der Waals surface area contributed by atoms with E-state index in [1.807, 2.05) is 18.0 Å². The van der Waals surface area contributed by atoms with Crippen LogP contribution in [0, 0.1) is 0 Å². The Balaban J connectivity index is 0.00000180. The van der Waals surface area contributed by atoms with Gasteiger partial charge in [-0.2, -0.15) is 5.10 Å². The van der Waals surface area contributed by atoms with Crippen LogP contribution in [0.1, 0.15) is 42.9 Å². The number of hydrogen-bond donors (Lipinski definition) is 1. The highest BCUT2D eigenvalue weighted by Gasteiger charge is 2.26. The van der Waals surface area contributed by atoms with Gasteiger partial charge in [-0.25, -0.2) is 0 Å². The maximum atomic E-state index is 12.5. The zero-order valence-corrected chi connectivity index (χ0v) is 12.8. The summed E-state index contributed by atoms with van der Waals surface area (Å²) in [5.74, 6) is 0.434. The van der Waals surface area contributed by atoms with Crippen LogP contribution in [0.25, 0.3) is 0 Å². The van der Waals surface area contributed by atoms with Crippen molar-refractivity contribution in [2.75, 3.05) is 19.6 Å². The Kier molecular flexibility index (Phi) is 5.38. The third kappa shape index (κ3) is 3.28. The van der Waals surface area contributed by atoms with Crippen molar-refractivity contribution < 1.29 is 4.79 Å². The van der Waals surface area contributed by atoms with Crippen LogP contribution < -0.4 is 5.32 Å². The molecule has 1 atom stereocenters. The van der Waals surface area contributed by atoms with Crippen molar-refractivity contribution in [2.45, 2.75) is 32.7 Å². The molecule has 0 aromatic carbocycles. The molecule has 2 rings (SSSR count). The molecule has 0 spiro atoms. The van der Waals surface area contributed by atoms with Crippen molar-refractivity contribution in [3.63, 3.8) is 0 Å². The van der Waals surface area contributed by atoms with Gasteiger partial charge in [0.2, 0.25) is 0 Å². The molecule has 1 aromatic rings. The Morgan fingerprint density at radius 3 is 2.74 bits per heavy atom. The first-order chi connectivity index (χ1) is 8.50. The predicted molar refractivity (Wildman–Crippen MR) is 77.9 cm³/mol. The first kappa shape index (κ1) is 16.0. The van der Waals surface area contributed by atoms with Crippen LogP contribution >= 0.6 is 12.4 Å². The molecule has 19 heavy (non-hydrogen) atoms. The van der Waals surface area contributed by atoms with Crippen LogP contribution in [0.15, 0.2) is 6.07 Å². The van der Waals surface area contributed by atoms with Gasteiger partial charge in [0.05, 0.1) is 5.69 Å². The van der Waals surface area contributed by atoms with Gasteiger partial charge >= 0.3 is 0 Å². The van der Waals surface area contributed by atoms with Gasteiger partial charge in [-0.1, -0.05) is 13.8 Å². The number of aromatic nitrogens is 2. The molecule has 5 nitrogen and oxygen atoms in total. The molecule has 6 heteroatoms. The van der Waals surface area contributed by atoms with Crippen LogP contribution in [0.5, 0.6) is 0 Å². The quantitative estimate of drug-likeness (QED) is 0.894. The lowest BCUT2D eigenvalue weighted by molar-refractivity contribution is 0.0644. The fraction of sp³-hybridized carbons (Fsp3) is 0.692. The molecule has 0 bridgehead atoms. The molecule has 1 aliphatic rings. The zero-order chi connectivity index (χ0) is 13.3. The molecule has 0 radical (unpaired) electrons. The molecule has 108 valence electrons. The number of aryl methyl sites for hydroxylation is 1. The number of amides is 1. The van der Waals surface area contributed by atoms with Gasteiger partial charge in [0.1, 0.15) is 5.69 Å². The Morgan fingerprint density at radius 1 is 1.53 bits per heavy atom. The molecule has 0 aliphatic carbocycles. The monoisotopic (exact) mass is 286 g/mol. The van der Waals surface area contributed by atoms with E-state index in [9.17, 15) is 4.79 Å². The summed E-state index contributed by atoms with van der Waals surface area (Å²) in [6, 6.07) is 2.16. The number of hydrogen-bond acceptors (Lipinski definition) is 3. The molecule has 1 N–H and O–H groups in total. The average molecular weight is 287 g/mol. The molecule has 1 fully saturated rings. The molecule has 1 aromatic heterocycles. The molecular weight excluding hydrogens is 264 g/mol. The van der Waals surface area contributed by atoms with E-state index in [4.69, 9.17) is 0 Å². The molecule has 2 heterocycles. The number of carbonyl (C=O) groups excluding carboxylic acids is 1. The Hall–Kier alpha value is -1.07. The molecule has 0 saturated carbocycles. The zero-order valence-electron chi connectivity index (χ0n) is 12.0. The Labute approximate surface area is 120 Å². The van der Waals surface area contributed by atoms with Crippen LogP contribution in [-0.2, 0) is 7.05 Å². The smallest absolute Gasteiger partial charge is 0.272 e. The van der Waals surface area contributed by atoms with E-state index in [0.717, 1.165) is 25.3 Å². The number of carbonyl (C=O) groups is 1. The molecule has 1 amide bonds. The molecular formula is C13H23ClN4O. The van der Waals surface area contributed by atoms with E-state index in [0.29, 0.717) is 11.6 Å². The summed E-state index contributed by atoms with van der Waals surface area (Å²) in [7, 11) is 1.84. The molecule has 1 aliphatic heterocycles. The lowest BCUT2D eigenvalue weighted by atomic mass is 10.1. The van der Waals surface area contributed by atoms with Crippen LogP contribution in [0.4, 0.5) is 0 Å². The number of rotatable bonds is 2. The largest absolute Gasteiger partial charge is 0.332 e. The highest BCUT2D eigenvalue weighted by atomic mass is 35.5. The van der Waals surface area contributed by atoms with Crippen molar-refractivity contribution in [1.29, 1.82) is 0 Å². The first-order valence-corrected chi connectivity index (χ1v) is 6.56. The van der Waals surface area contributed by atoms with Crippen LogP contribution in [0.2, 0.25) is 0 Å². The van der Waals surface area contributed by atoms with Crippen LogP contribution in [-0.4, -0.2) is 46.3 Å². The van der Waals surface area contributed by atoms with E-state index < -0.39 is 0 Å². The first-order valence-electron chi connectivity index (χ1n) is 6.56. The summed E-state index contributed by atoms with van der Waals surface area (Å²) < 4.78 is 1.70. The summed E-state index contributed by atoms with van der Waals surface area (Å²) in [4.78, 5) is 14.4. The standard InChI is InChI=1S/C13H22N4O.ClH/c1-9(2)11-7-12(16(4)15-11)13(18)17-6-5-14-8-10(17)3;/h7,9-10,14H,5-6,8H2,1-4H3;1H/t10-;/m1./s1. The predicted octanol–water partition coefficient (Wildman–Crippen LogP) is 1.40. The minimum Gasteiger partial charge on any atom is -0.332 e. The van der Waals surface area contributed by atoms with Gasteiger partial charge in [-0.3, -0.25) is 9.48 Å². The number of nitrogens with zero attached hydrogens (tertiary/aromatic N) is 3. The maximum absolute atomic E-state index is 12.5. The highest BCUT2D eigenvalue weighted by Crippen LogP contribution is 2.16. The van der Waals surface area contributed by atoms with E-state index in [1.54, 1.807) is 4.68 Å². The summed E-state index contributed by atoms with van der Waals surface area (Å²) >= 11 is 0. The van der Waals surface area contributed by atoms with Crippen molar-refractivity contribution in [3.05, 3.63) is 17.5 Å². The lowest BCUT2D eigenvalue weighted by Crippen LogP contribution is -2.52. The average Bonchev–Trinajstić information content (AvgIpc) is 2.71. The minimum absolute atomic E-state index is 0. The van der Waals surface area contributed by atoms with Gasteiger partial charge < -0.3 is 10.2 Å². The van der Waals surface area contributed by atoms with E-state index >= 15 is 0 Å². The van der Waals surface area contributed by atoms with E-state index in [1.165, 1.54) is 0 Å². The van der Waals surface area contributed by atoms with Crippen molar-refractivity contribution in [3.8, 4) is 0 Å². The maximum Gasteiger partial charge on any atom is 0.272 e. The molecule has 1 saturated heterocycles. The third-order valence-corrected chi connectivity index (χ3v) is 3.47. The van der Waals surface area contributed by atoms with Gasteiger partial charge in [0.15, 0.2) is 0 Å². The van der Waals surface area contributed by atoms with E-state index in [2.05, 4.69) is 31.2 Å². The van der Waals surface area contributed by atoms with Crippen molar-refractivity contribution in [1.82, 2.24) is 20.0 Å². The van der Waals surface area contributed by atoms with Gasteiger partial charge in [-0.15, -0.1) is 12.4 Å². The SMILES string of the molecule is CC(C)c1cc(C(=O)N2CCNC[C@H]2C)n(C)n1.Cl. The highest BCUT2D eigenvalue weighted by molar-refractivity contribution is 5.93. The summed E-state index contributed by atoms with van der Waals surface area (Å²) in [5, 5.41) is 7.70. The topological polar surface area (TPSA) is 50.2 Å². The molecule has 0 unspecified atom stereocenters. The lowest BCUT2D eigenvalue weighted by Gasteiger charge is -2.33. The third-order valence-electron chi connectivity index (χ3n) is 3.47. The second-order valence-corrected chi connectivity index (χ2v) is 5.28. The fourth-order valence-corrected chi connectivity index (χ4v) is 2.26. The fourth-order valence-electron chi connectivity index (χ4n) is 2.26. The van der Waals surface area contributed by atoms with Crippen molar-refractivity contribution >= 4 is 18.3 Å². The Bertz CT molecular complexity index is 444. The summed E-state index contributed by atoms with van der Waals surface area (Å²) in [5.41, 5.74) is 1.66. The normalized spacial score (nSPS) is 19.4. The second kappa shape index (κ2) is 6.39. The summed E-state index contributed by atoms with van der Waals surface area (Å²) in [6.07, 6.45) is 0.